The number of aliphatic hydroxyl groups is 1. The molecule has 0 radical (unpaired) electrons. The van der Waals surface area contributed by atoms with Crippen molar-refractivity contribution < 1.29 is 14.3 Å². The SMILES string of the molecule is Cc1ccc(F)c(C(=O)Nc2cccc(C(C)O)c2)c1. The molecule has 1 atom stereocenters. The van der Waals surface area contributed by atoms with Gasteiger partial charge < -0.3 is 10.4 Å². The molecular weight excluding hydrogens is 257 g/mol. The first-order chi connectivity index (χ1) is 9.47. The van der Waals surface area contributed by atoms with Crippen LogP contribution in [0.2, 0.25) is 0 Å². The maximum Gasteiger partial charge on any atom is 0.258 e. The Morgan fingerprint density at radius 3 is 2.70 bits per heavy atom. The monoisotopic (exact) mass is 273 g/mol. The van der Waals surface area contributed by atoms with Crippen LogP contribution in [0.5, 0.6) is 0 Å². The number of hydrogen-bond acceptors (Lipinski definition) is 2. The van der Waals surface area contributed by atoms with E-state index in [1.165, 1.54) is 12.1 Å². The molecule has 1 amide bonds. The summed E-state index contributed by atoms with van der Waals surface area (Å²) in [5, 5.41) is 12.1. The number of carbonyl (C=O) groups excluding carboxylic acids is 1. The van der Waals surface area contributed by atoms with Crippen molar-refractivity contribution >= 4 is 11.6 Å². The highest BCUT2D eigenvalue weighted by Gasteiger charge is 2.12. The van der Waals surface area contributed by atoms with Crippen LogP contribution in [0.15, 0.2) is 42.5 Å². The van der Waals surface area contributed by atoms with Gasteiger partial charge in [-0.2, -0.15) is 0 Å². The van der Waals surface area contributed by atoms with E-state index in [1.54, 1.807) is 44.2 Å². The van der Waals surface area contributed by atoms with Crippen molar-refractivity contribution in [3.8, 4) is 0 Å². The first-order valence-electron chi connectivity index (χ1n) is 6.33. The quantitative estimate of drug-likeness (QED) is 0.900. The molecule has 3 nitrogen and oxygen atoms in total. The second-order valence-corrected chi connectivity index (χ2v) is 4.74. The molecule has 0 saturated carbocycles. The molecule has 20 heavy (non-hydrogen) atoms. The number of hydrogen-bond donors (Lipinski definition) is 2. The summed E-state index contributed by atoms with van der Waals surface area (Å²) in [6, 6.07) is 11.2. The summed E-state index contributed by atoms with van der Waals surface area (Å²) < 4.78 is 13.6. The van der Waals surface area contributed by atoms with Gasteiger partial charge in [-0.15, -0.1) is 0 Å². The molecular formula is C16H16FNO2. The minimum absolute atomic E-state index is 0.00690. The van der Waals surface area contributed by atoms with Crippen molar-refractivity contribution in [2.45, 2.75) is 20.0 Å². The second kappa shape index (κ2) is 5.84. The van der Waals surface area contributed by atoms with Crippen LogP contribution < -0.4 is 5.32 Å². The van der Waals surface area contributed by atoms with Gasteiger partial charge in [-0.25, -0.2) is 4.39 Å². The smallest absolute Gasteiger partial charge is 0.258 e. The Bertz CT molecular complexity index is 638. The van der Waals surface area contributed by atoms with E-state index in [-0.39, 0.29) is 5.56 Å². The first-order valence-corrected chi connectivity index (χ1v) is 6.33. The Morgan fingerprint density at radius 1 is 1.25 bits per heavy atom. The predicted molar refractivity (Wildman–Crippen MR) is 76.2 cm³/mol. The average molecular weight is 273 g/mol. The average Bonchev–Trinajstić information content (AvgIpc) is 2.41. The van der Waals surface area contributed by atoms with Gasteiger partial charge in [0.05, 0.1) is 11.7 Å². The Hall–Kier alpha value is -2.20. The number of aryl methyl sites for hydroxylation is 1. The standard InChI is InChI=1S/C16H16FNO2/c1-10-6-7-15(17)14(8-10)16(20)18-13-5-3-4-12(9-13)11(2)19/h3-9,11,19H,1-2H3,(H,18,20). The van der Waals surface area contributed by atoms with Crippen LogP contribution >= 0.6 is 0 Å². The Labute approximate surface area is 117 Å². The zero-order chi connectivity index (χ0) is 14.7. The van der Waals surface area contributed by atoms with Crippen LogP contribution in [-0.2, 0) is 0 Å². The first kappa shape index (κ1) is 14.2. The molecule has 0 spiro atoms. The lowest BCUT2D eigenvalue weighted by Gasteiger charge is -2.10. The van der Waals surface area contributed by atoms with Gasteiger partial charge in [-0.05, 0) is 43.7 Å². The van der Waals surface area contributed by atoms with Crippen LogP contribution in [0.25, 0.3) is 0 Å². The summed E-state index contributed by atoms with van der Waals surface area (Å²) in [5.41, 5.74) is 2.03. The summed E-state index contributed by atoms with van der Waals surface area (Å²) >= 11 is 0. The molecule has 0 saturated heterocycles. The third kappa shape index (κ3) is 3.22. The fourth-order valence-electron chi connectivity index (χ4n) is 1.89. The predicted octanol–water partition coefficient (Wildman–Crippen LogP) is 3.44. The third-order valence-corrected chi connectivity index (χ3v) is 2.99. The molecule has 2 N–H and O–H groups in total. The molecule has 104 valence electrons. The van der Waals surface area contributed by atoms with Crippen LogP contribution in [-0.4, -0.2) is 11.0 Å². The minimum Gasteiger partial charge on any atom is -0.389 e. The molecule has 0 aromatic heterocycles. The van der Waals surface area contributed by atoms with Crippen LogP contribution in [0.3, 0.4) is 0 Å². The molecule has 0 aliphatic rings. The third-order valence-electron chi connectivity index (χ3n) is 2.99. The molecule has 4 heteroatoms. The van der Waals surface area contributed by atoms with E-state index in [1.807, 2.05) is 0 Å². The highest BCUT2D eigenvalue weighted by Crippen LogP contribution is 2.18. The Kier molecular flexibility index (Phi) is 4.15. The maximum atomic E-state index is 13.6. The van der Waals surface area contributed by atoms with E-state index in [9.17, 15) is 14.3 Å². The number of carbonyl (C=O) groups is 1. The normalized spacial score (nSPS) is 12.0. The van der Waals surface area contributed by atoms with Gasteiger partial charge in [0.2, 0.25) is 0 Å². The van der Waals surface area contributed by atoms with Crippen molar-refractivity contribution in [3.05, 3.63) is 65.0 Å². The van der Waals surface area contributed by atoms with Gasteiger partial charge in [-0.3, -0.25) is 4.79 Å². The molecule has 0 bridgehead atoms. The topological polar surface area (TPSA) is 49.3 Å². The number of amides is 1. The van der Waals surface area contributed by atoms with E-state index in [4.69, 9.17) is 0 Å². The van der Waals surface area contributed by atoms with Crippen molar-refractivity contribution in [2.75, 3.05) is 5.32 Å². The molecule has 2 aromatic carbocycles. The van der Waals surface area contributed by atoms with E-state index in [0.717, 1.165) is 5.56 Å². The van der Waals surface area contributed by atoms with Crippen molar-refractivity contribution in [3.63, 3.8) is 0 Å². The van der Waals surface area contributed by atoms with Crippen LogP contribution in [0.1, 0.15) is 34.5 Å². The number of aliphatic hydroxyl groups excluding tert-OH is 1. The number of benzene rings is 2. The summed E-state index contributed by atoms with van der Waals surface area (Å²) in [4.78, 5) is 12.1. The molecule has 1 unspecified atom stereocenters. The van der Waals surface area contributed by atoms with Gasteiger partial charge in [0.15, 0.2) is 0 Å². The number of halogens is 1. The molecule has 2 rings (SSSR count). The number of nitrogens with one attached hydrogen (secondary N) is 1. The number of anilines is 1. The maximum absolute atomic E-state index is 13.6. The summed E-state index contributed by atoms with van der Waals surface area (Å²) in [6.45, 7) is 3.44. The van der Waals surface area contributed by atoms with Gasteiger partial charge in [0.25, 0.3) is 5.91 Å². The molecule has 0 heterocycles. The summed E-state index contributed by atoms with van der Waals surface area (Å²) in [5.74, 6) is -1.06. The summed E-state index contributed by atoms with van der Waals surface area (Å²) in [7, 11) is 0. The Balaban J connectivity index is 2.23. The lowest BCUT2D eigenvalue weighted by Crippen LogP contribution is -2.14. The molecule has 0 aliphatic carbocycles. The van der Waals surface area contributed by atoms with Gasteiger partial charge >= 0.3 is 0 Å². The van der Waals surface area contributed by atoms with E-state index >= 15 is 0 Å². The lowest BCUT2D eigenvalue weighted by atomic mass is 10.1. The Morgan fingerprint density at radius 2 is 2.00 bits per heavy atom. The molecule has 0 fully saturated rings. The highest BCUT2D eigenvalue weighted by atomic mass is 19.1. The lowest BCUT2D eigenvalue weighted by molar-refractivity contribution is 0.102. The second-order valence-electron chi connectivity index (χ2n) is 4.74. The van der Waals surface area contributed by atoms with Gasteiger partial charge in [-0.1, -0.05) is 23.8 Å². The minimum atomic E-state index is -0.623. The number of rotatable bonds is 3. The van der Waals surface area contributed by atoms with Crippen molar-refractivity contribution in [2.24, 2.45) is 0 Å². The zero-order valence-corrected chi connectivity index (χ0v) is 11.4. The largest absolute Gasteiger partial charge is 0.389 e. The summed E-state index contributed by atoms with van der Waals surface area (Å²) in [6.07, 6.45) is -0.623. The zero-order valence-electron chi connectivity index (χ0n) is 11.4. The van der Waals surface area contributed by atoms with E-state index < -0.39 is 17.8 Å². The van der Waals surface area contributed by atoms with Crippen molar-refractivity contribution in [1.82, 2.24) is 0 Å². The molecule has 0 aliphatic heterocycles. The highest BCUT2D eigenvalue weighted by molar-refractivity contribution is 6.04. The molecule has 2 aromatic rings. The van der Waals surface area contributed by atoms with Gasteiger partial charge in [0, 0.05) is 5.69 Å². The van der Waals surface area contributed by atoms with Crippen molar-refractivity contribution in [1.29, 1.82) is 0 Å². The fourth-order valence-corrected chi connectivity index (χ4v) is 1.89. The fraction of sp³-hybridized carbons (Fsp3) is 0.188. The van der Waals surface area contributed by atoms with Gasteiger partial charge in [0.1, 0.15) is 5.82 Å². The van der Waals surface area contributed by atoms with E-state index in [0.29, 0.717) is 11.3 Å². The van der Waals surface area contributed by atoms with Crippen LogP contribution in [0, 0.1) is 12.7 Å². The van der Waals surface area contributed by atoms with Crippen LogP contribution in [0.4, 0.5) is 10.1 Å². The van der Waals surface area contributed by atoms with E-state index in [2.05, 4.69) is 5.32 Å².